The van der Waals surface area contributed by atoms with E-state index in [4.69, 9.17) is 0 Å². The van der Waals surface area contributed by atoms with Gasteiger partial charge in [0.2, 0.25) is 11.8 Å². The Labute approximate surface area is 174 Å². The van der Waals surface area contributed by atoms with Gasteiger partial charge in [-0.3, -0.25) is 14.4 Å². The molecule has 0 radical (unpaired) electrons. The van der Waals surface area contributed by atoms with E-state index in [0.717, 1.165) is 17.7 Å². The molecule has 1 fully saturated rings. The molecule has 2 amide bonds. The second-order valence-corrected chi connectivity index (χ2v) is 8.50. The Morgan fingerprint density at radius 1 is 1.10 bits per heavy atom. The van der Waals surface area contributed by atoms with E-state index in [-0.39, 0.29) is 35.9 Å². The third-order valence-electron chi connectivity index (χ3n) is 7.01. The Morgan fingerprint density at radius 3 is 2.60 bits per heavy atom. The van der Waals surface area contributed by atoms with Crippen LogP contribution in [0.4, 0.5) is 0 Å². The van der Waals surface area contributed by atoms with Gasteiger partial charge in [-0.2, -0.15) is 0 Å². The maximum atomic E-state index is 13.7. The monoisotopic (exact) mass is 407 g/mol. The van der Waals surface area contributed by atoms with Crippen molar-refractivity contribution in [3.05, 3.63) is 69.6 Å². The van der Waals surface area contributed by atoms with Crippen molar-refractivity contribution in [2.45, 2.75) is 38.5 Å². The van der Waals surface area contributed by atoms with Crippen LogP contribution in [0.1, 0.15) is 29.8 Å². The number of pyridine rings is 1. The van der Waals surface area contributed by atoms with Crippen molar-refractivity contribution < 1.29 is 14.7 Å². The van der Waals surface area contributed by atoms with E-state index < -0.39 is 12.0 Å². The van der Waals surface area contributed by atoms with Gasteiger partial charge in [-0.25, -0.2) is 0 Å². The summed E-state index contributed by atoms with van der Waals surface area (Å²) in [6.45, 7) is 2.80. The first-order chi connectivity index (χ1) is 14.5. The van der Waals surface area contributed by atoms with E-state index in [2.05, 4.69) is 6.07 Å². The molecule has 1 aromatic carbocycles. The highest BCUT2D eigenvalue weighted by molar-refractivity contribution is 5.88. The van der Waals surface area contributed by atoms with Gasteiger partial charge in [-0.15, -0.1) is 0 Å². The summed E-state index contributed by atoms with van der Waals surface area (Å²) in [6, 6.07) is 12.1. The second-order valence-electron chi connectivity index (χ2n) is 8.50. The molecule has 30 heavy (non-hydrogen) atoms. The van der Waals surface area contributed by atoms with Crippen LogP contribution in [0, 0.1) is 11.8 Å². The Hall–Kier alpha value is -2.93. The van der Waals surface area contributed by atoms with E-state index in [9.17, 15) is 19.5 Å². The van der Waals surface area contributed by atoms with Crippen molar-refractivity contribution in [1.29, 1.82) is 0 Å². The number of likely N-dealkylation sites (tertiary alicyclic amines) is 1. The number of hydrogen-bond acceptors (Lipinski definition) is 4. The molecular weight excluding hydrogens is 382 g/mol. The lowest BCUT2D eigenvalue weighted by atomic mass is 9.87. The van der Waals surface area contributed by atoms with E-state index in [1.165, 1.54) is 18.6 Å². The fraction of sp³-hybridized carbons (Fsp3) is 0.435. The average Bonchev–Trinajstić information content (AvgIpc) is 3.28. The van der Waals surface area contributed by atoms with E-state index in [0.29, 0.717) is 19.6 Å². The number of nitrogens with zero attached hydrogens (tertiary/aromatic N) is 3. The van der Waals surface area contributed by atoms with Crippen molar-refractivity contribution in [1.82, 2.24) is 14.4 Å². The predicted octanol–water partition coefficient (Wildman–Crippen LogP) is 0.943. The Morgan fingerprint density at radius 2 is 1.87 bits per heavy atom. The maximum Gasteiger partial charge on any atom is 0.250 e. The smallest absolute Gasteiger partial charge is 0.250 e. The Balaban J connectivity index is 1.51. The van der Waals surface area contributed by atoms with Crippen LogP contribution in [0.2, 0.25) is 0 Å². The van der Waals surface area contributed by atoms with Crippen LogP contribution in [-0.2, 0) is 29.1 Å². The van der Waals surface area contributed by atoms with E-state index in [1.54, 1.807) is 15.5 Å². The van der Waals surface area contributed by atoms with Crippen molar-refractivity contribution in [2.24, 2.45) is 11.8 Å². The topological polar surface area (TPSA) is 82.9 Å². The van der Waals surface area contributed by atoms with Crippen molar-refractivity contribution in [2.75, 3.05) is 13.2 Å². The van der Waals surface area contributed by atoms with Crippen LogP contribution in [-0.4, -0.2) is 50.5 Å². The molecule has 7 heteroatoms. The average molecular weight is 407 g/mol. The molecule has 0 aliphatic carbocycles. The molecule has 1 aromatic heterocycles. The van der Waals surface area contributed by atoms with Gasteiger partial charge in [0.1, 0.15) is 6.04 Å². The lowest BCUT2D eigenvalue weighted by Gasteiger charge is -2.36. The number of aromatic nitrogens is 1. The molecule has 3 aliphatic heterocycles. The van der Waals surface area contributed by atoms with Gasteiger partial charge in [-0.1, -0.05) is 30.3 Å². The molecule has 4 heterocycles. The molecule has 3 aliphatic rings. The zero-order valence-electron chi connectivity index (χ0n) is 16.9. The molecule has 5 rings (SSSR count). The molecule has 0 saturated carbocycles. The zero-order valence-corrected chi connectivity index (χ0v) is 16.9. The summed E-state index contributed by atoms with van der Waals surface area (Å²) in [6.07, 6.45) is 0.781. The molecule has 0 bridgehead atoms. The third kappa shape index (κ3) is 2.72. The molecule has 2 aromatic rings. The summed E-state index contributed by atoms with van der Waals surface area (Å²) in [5, 5.41) is 10.2. The fourth-order valence-electron chi connectivity index (χ4n) is 5.65. The first-order valence-electron chi connectivity index (χ1n) is 10.5. The van der Waals surface area contributed by atoms with Gasteiger partial charge in [0.05, 0.1) is 6.04 Å². The third-order valence-corrected chi connectivity index (χ3v) is 7.01. The molecule has 7 nitrogen and oxygen atoms in total. The summed E-state index contributed by atoms with van der Waals surface area (Å²) in [7, 11) is 0. The number of benzene rings is 1. The van der Waals surface area contributed by atoms with E-state index >= 15 is 0 Å². The molecular formula is C23H25N3O4. The first kappa shape index (κ1) is 19.1. The largest absolute Gasteiger partial charge is 0.396 e. The lowest BCUT2D eigenvalue weighted by Crippen LogP contribution is -2.52. The minimum Gasteiger partial charge on any atom is -0.396 e. The summed E-state index contributed by atoms with van der Waals surface area (Å²) < 4.78 is 1.67. The van der Waals surface area contributed by atoms with Crippen LogP contribution in [0.25, 0.3) is 0 Å². The minimum absolute atomic E-state index is 0.113. The number of aliphatic hydroxyl groups excluding tert-OH is 1. The highest BCUT2D eigenvalue weighted by Gasteiger charge is 2.57. The van der Waals surface area contributed by atoms with E-state index in [1.807, 2.05) is 29.2 Å². The van der Waals surface area contributed by atoms with Crippen molar-refractivity contribution >= 4 is 11.8 Å². The Kier molecular flexibility index (Phi) is 4.50. The number of amides is 2. The second kappa shape index (κ2) is 7.09. The fourth-order valence-corrected chi connectivity index (χ4v) is 5.65. The standard InChI is InChI=1S/C23H25N3O4/c1-14(28)26-21-17(12-25-19(21)7-4-8-20(25)29)18(13-27)22(26)23(30)24-10-9-15-5-2-3-6-16(15)11-24/h2-8,17-18,21-22,27H,9-13H2,1H3/t17-,18-,21+,22-/m1/s1. The quantitative estimate of drug-likeness (QED) is 0.803. The number of carbonyl (C=O) groups excluding carboxylic acids is 2. The molecule has 156 valence electrons. The molecule has 1 N–H and O–H groups in total. The SMILES string of the molecule is CC(=O)N1[C@@H]2c3cccc(=O)n3C[C@@H]2[C@@H](CO)[C@@H]1C(=O)N1CCc2ccccc2C1. The number of fused-ring (bicyclic) bond motifs is 4. The minimum atomic E-state index is -0.711. The number of hydrogen-bond donors (Lipinski definition) is 1. The van der Waals surface area contributed by atoms with Gasteiger partial charge in [0.15, 0.2) is 0 Å². The first-order valence-corrected chi connectivity index (χ1v) is 10.5. The summed E-state index contributed by atoms with van der Waals surface area (Å²) in [5.41, 5.74) is 3.01. The lowest BCUT2D eigenvalue weighted by molar-refractivity contribution is -0.146. The summed E-state index contributed by atoms with van der Waals surface area (Å²) >= 11 is 0. The highest BCUT2D eigenvalue weighted by Crippen LogP contribution is 2.49. The van der Waals surface area contributed by atoms with Crippen LogP contribution < -0.4 is 5.56 Å². The van der Waals surface area contributed by atoms with Crippen molar-refractivity contribution in [3.8, 4) is 0 Å². The number of aliphatic hydroxyl groups is 1. The van der Waals surface area contributed by atoms with Gasteiger partial charge in [0.25, 0.3) is 5.56 Å². The van der Waals surface area contributed by atoms with Gasteiger partial charge < -0.3 is 19.5 Å². The normalized spacial score (nSPS) is 26.9. The zero-order chi connectivity index (χ0) is 21.0. The van der Waals surface area contributed by atoms with Gasteiger partial charge in [0, 0.05) is 56.8 Å². The molecule has 0 unspecified atom stereocenters. The van der Waals surface area contributed by atoms with Gasteiger partial charge >= 0.3 is 0 Å². The van der Waals surface area contributed by atoms with Crippen molar-refractivity contribution in [3.63, 3.8) is 0 Å². The van der Waals surface area contributed by atoms with Crippen LogP contribution in [0.3, 0.4) is 0 Å². The Bertz CT molecular complexity index is 1080. The molecule has 1 saturated heterocycles. The van der Waals surface area contributed by atoms with Gasteiger partial charge in [-0.05, 0) is 23.6 Å². The van der Waals surface area contributed by atoms with Crippen LogP contribution in [0.5, 0.6) is 0 Å². The highest BCUT2D eigenvalue weighted by atomic mass is 16.3. The maximum absolute atomic E-state index is 13.7. The molecule has 4 atom stereocenters. The van der Waals surface area contributed by atoms with Crippen LogP contribution in [0.15, 0.2) is 47.3 Å². The number of rotatable bonds is 2. The molecule has 0 spiro atoms. The predicted molar refractivity (Wildman–Crippen MR) is 109 cm³/mol. The summed E-state index contributed by atoms with van der Waals surface area (Å²) in [4.78, 5) is 42.1. The summed E-state index contributed by atoms with van der Waals surface area (Å²) in [5.74, 6) is -0.873. The van der Waals surface area contributed by atoms with Crippen LogP contribution >= 0.6 is 0 Å². The number of carbonyl (C=O) groups is 2.